The van der Waals surface area contributed by atoms with Crippen LogP contribution in [0, 0.1) is 0 Å². The summed E-state index contributed by atoms with van der Waals surface area (Å²) in [6.45, 7) is 0. The third kappa shape index (κ3) is 9.53. The molecule has 5 heteroatoms. The summed E-state index contributed by atoms with van der Waals surface area (Å²) in [4.78, 5) is 32.9. The number of ketones is 1. The van der Waals surface area contributed by atoms with Gasteiger partial charge in [0.2, 0.25) is 0 Å². The molecular formula is C12H20O5. The Bertz CT molecular complexity index is 260. The molecule has 0 rings (SSSR count). The minimum absolute atomic E-state index is 0.124. The van der Waals surface area contributed by atoms with Crippen LogP contribution >= 0.6 is 0 Å². The van der Waals surface area contributed by atoms with Gasteiger partial charge in [0.1, 0.15) is 5.78 Å². The van der Waals surface area contributed by atoms with Crippen LogP contribution in [0.4, 0.5) is 0 Å². The van der Waals surface area contributed by atoms with Crippen molar-refractivity contribution in [2.45, 2.75) is 44.9 Å². The summed E-state index contributed by atoms with van der Waals surface area (Å²) in [5.74, 6) is -0.412. The van der Waals surface area contributed by atoms with E-state index in [1.54, 1.807) is 0 Å². The molecule has 0 unspecified atom stereocenters. The monoisotopic (exact) mass is 244 g/mol. The molecule has 0 aromatic carbocycles. The zero-order valence-electron chi connectivity index (χ0n) is 10.5. The maximum atomic E-state index is 11.4. The van der Waals surface area contributed by atoms with E-state index in [0.29, 0.717) is 38.5 Å². The number of hydrogen-bond donors (Lipinski definition) is 0. The molecule has 0 heterocycles. The fraction of sp³-hybridized carbons (Fsp3) is 0.750. The van der Waals surface area contributed by atoms with Gasteiger partial charge in [-0.25, -0.2) is 0 Å². The van der Waals surface area contributed by atoms with Crippen molar-refractivity contribution >= 4 is 17.7 Å². The summed E-state index contributed by atoms with van der Waals surface area (Å²) >= 11 is 0. The van der Waals surface area contributed by atoms with Gasteiger partial charge in [-0.1, -0.05) is 0 Å². The van der Waals surface area contributed by atoms with Gasteiger partial charge in [-0.3, -0.25) is 14.4 Å². The quantitative estimate of drug-likeness (QED) is 0.455. The number of ether oxygens (including phenoxy) is 2. The number of unbranched alkanes of at least 4 members (excludes halogenated alkanes) is 1. The third-order valence-corrected chi connectivity index (χ3v) is 2.38. The third-order valence-electron chi connectivity index (χ3n) is 2.38. The average Bonchev–Trinajstić information content (AvgIpc) is 2.33. The lowest BCUT2D eigenvalue weighted by molar-refractivity contribution is -0.141. The van der Waals surface area contributed by atoms with E-state index in [9.17, 15) is 14.4 Å². The first-order chi connectivity index (χ1) is 8.10. The Balaban J connectivity index is 3.41. The SMILES string of the molecule is COC(=O)CCCCC(=O)CCCC(=O)OC. The van der Waals surface area contributed by atoms with Gasteiger partial charge in [-0.05, 0) is 19.3 Å². The summed E-state index contributed by atoms with van der Waals surface area (Å²) in [5, 5.41) is 0. The predicted octanol–water partition coefficient (Wildman–Crippen LogP) is 1.63. The topological polar surface area (TPSA) is 69.7 Å². The number of rotatable bonds is 9. The molecule has 0 amide bonds. The Morgan fingerprint density at radius 3 is 1.65 bits per heavy atom. The molecule has 0 aliphatic heterocycles. The number of carbonyl (C=O) groups is 3. The Kier molecular flexibility index (Phi) is 9.01. The maximum Gasteiger partial charge on any atom is 0.305 e. The normalized spacial score (nSPS) is 9.76. The van der Waals surface area contributed by atoms with Crippen LogP contribution in [0.25, 0.3) is 0 Å². The van der Waals surface area contributed by atoms with E-state index in [-0.39, 0.29) is 24.1 Å². The molecule has 0 atom stereocenters. The molecule has 0 bridgehead atoms. The van der Waals surface area contributed by atoms with Crippen molar-refractivity contribution < 1.29 is 23.9 Å². The second kappa shape index (κ2) is 9.81. The first-order valence-electron chi connectivity index (χ1n) is 5.75. The smallest absolute Gasteiger partial charge is 0.305 e. The van der Waals surface area contributed by atoms with Crippen LogP contribution in [-0.2, 0) is 23.9 Å². The second-order valence-electron chi connectivity index (χ2n) is 3.75. The van der Waals surface area contributed by atoms with E-state index in [4.69, 9.17) is 0 Å². The molecule has 0 radical (unpaired) electrons. The minimum Gasteiger partial charge on any atom is -0.469 e. The predicted molar refractivity (Wildman–Crippen MR) is 61.4 cm³/mol. The first-order valence-corrected chi connectivity index (χ1v) is 5.75. The molecule has 0 aliphatic carbocycles. The van der Waals surface area contributed by atoms with Crippen molar-refractivity contribution in [3.8, 4) is 0 Å². The molecule has 98 valence electrons. The summed E-state index contributed by atoms with van der Waals surface area (Å²) < 4.78 is 8.95. The number of hydrogen-bond acceptors (Lipinski definition) is 5. The Hall–Kier alpha value is -1.39. The Morgan fingerprint density at radius 2 is 1.12 bits per heavy atom. The highest BCUT2D eigenvalue weighted by Crippen LogP contribution is 2.06. The van der Waals surface area contributed by atoms with Crippen LogP contribution < -0.4 is 0 Å². The summed E-state index contributed by atoms with van der Waals surface area (Å²) in [6.07, 6.45) is 3.37. The Labute approximate surface area is 101 Å². The van der Waals surface area contributed by atoms with Gasteiger partial charge >= 0.3 is 11.9 Å². The minimum atomic E-state index is -0.288. The highest BCUT2D eigenvalue weighted by Gasteiger charge is 2.06. The van der Waals surface area contributed by atoms with E-state index < -0.39 is 0 Å². The lowest BCUT2D eigenvalue weighted by atomic mass is 10.1. The molecule has 0 fully saturated rings. The van der Waals surface area contributed by atoms with Crippen LogP contribution in [0.1, 0.15) is 44.9 Å². The van der Waals surface area contributed by atoms with Gasteiger partial charge in [0.05, 0.1) is 14.2 Å². The van der Waals surface area contributed by atoms with E-state index in [1.165, 1.54) is 14.2 Å². The van der Waals surface area contributed by atoms with E-state index in [0.717, 1.165) is 0 Å². The van der Waals surface area contributed by atoms with Gasteiger partial charge in [0.25, 0.3) is 0 Å². The van der Waals surface area contributed by atoms with Gasteiger partial charge in [0, 0.05) is 25.7 Å². The zero-order valence-corrected chi connectivity index (χ0v) is 10.5. The molecule has 0 spiro atoms. The van der Waals surface area contributed by atoms with Gasteiger partial charge < -0.3 is 9.47 Å². The summed E-state index contributed by atoms with van der Waals surface area (Å²) in [6, 6.07) is 0. The highest BCUT2D eigenvalue weighted by molar-refractivity contribution is 5.79. The van der Waals surface area contributed by atoms with Crippen molar-refractivity contribution in [3.63, 3.8) is 0 Å². The average molecular weight is 244 g/mol. The van der Waals surface area contributed by atoms with Crippen molar-refractivity contribution in [2.24, 2.45) is 0 Å². The van der Waals surface area contributed by atoms with Crippen LogP contribution in [0.3, 0.4) is 0 Å². The molecule has 0 aliphatic rings. The molecule has 17 heavy (non-hydrogen) atoms. The van der Waals surface area contributed by atoms with Crippen molar-refractivity contribution in [1.29, 1.82) is 0 Å². The van der Waals surface area contributed by atoms with Gasteiger partial charge in [-0.15, -0.1) is 0 Å². The van der Waals surface area contributed by atoms with Crippen molar-refractivity contribution in [2.75, 3.05) is 14.2 Å². The molecule has 0 saturated carbocycles. The molecule has 0 saturated heterocycles. The number of Topliss-reactive ketones (excluding diaryl/α,β-unsaturated/α-hetero) is 1. The number of methoxy groups -OCH3 is 2. The molecular weight excluding hydrogens is 224 g/mol. The summed E-state index contributed by atoms with van der Waals surface area (Å²) in [5.41, 5.74) is 0. The molecule has 0 aromatic rings. The fourth-order valence-corrected chi connectivity index (χ4v) is 1.35. The van der Waals surface area contributed by atoms with Gasteiger partial charge in [0.15, 0.2) is 0 Å². The standard InChI is InChI=1S/C12H20O5/c1-16-11(14)8-4-3-6-10(13)7-5-9-12(15)17-2/h3-9H2,1-2H3. The lowest BCUT2D eigenvalue weighted by Gasteiger charge is -2.01. The molecule has 5 nitrogen and oxygen atoms in total. The largest absolute Gasteiger partial charge is 0.469 e. The maximum absolute atomic E-state index is 11.4. The zero-order chi connectivity index (χ0) is 13.1. The Morgan fingerprint density at radius 1 is 0.706 bits per heavy atom. The van der Waals surface area contributed by atoms with E-state index >= 15 is 0 Å². The first kappa shape index (κ1) is 15.6. The number of carbonyl (C=O) groups excluding carboxylic acids is 3. The van der Waals surface area contributed by atoms with Crippen LogP contribution in [0.2, 0.25) is 0 Å². The van der Waals surface area contributed by atoms with Crippen LogP contribution in [0.5, 0.6) is 0 Å². The second-order valence-corrected chi connectivity index (χ2v) is 3.75. The fourth-order valence-electron chi connectivity index (χ4n) is 1.35. The molecule has 0 aromatic heterocycles. The van der Waals surface area contributed by atoms with E-state index in [1.807, 2.05) is 0 Å². The molecule has 0 N–H and O–H groups in total. The summed E-state index contributed by atoms with van der Waals surface area (Å²) in [7, 11) is 2.68. The van der Waals surface area contributed by atoms with E-state index in [2.05, 4.69) is 9.47 Å². The highest BCUT2D eigenvalue weighted by atomic mass is 16.5. The lowest BCUT2D eigenvalue weighted by Crippen LogP contribution is -2.04. The van der Waals surface area contributed by atoms with Crippen LogP contribution in [-0.4, -0.2) is 31.9 Å². The number of esters is 2. The van der Waals surface area contributed by atoms with Crippen molar-refractivity contribution in [3.05, 3.63) is 0 Å². The van der Waals surface area contributed by atoms with Gasteiger partial charge in [-0.2, -0.15) is 0 Å². The van der Waals surface area contributed by atoms with Crippen LogP contribution in [0.15, 0.2) is 0 Å². The van der Waals surface area contributed by atoms with Crippen molar-refractivity contribution in [1.82, 2.24) is 0 Å².